The van der Waals surface area contributed by atoms with E-state index < -0.39 is 0 Å². The van der Waals surface area contributed by atoms with Crippen molar-refractivity contribution in [2.24, 2.45) is 10.7 Å². The molecule has 0 radical (unpaired) electrons. The summed E-state index contributed by atoms with van der Waals surface area (Å²) in [4.78, 5) is 17.7. The minimum absolute atomic E-state index is 0. The molecule has 1 aliphatic rings. The van der Waals surface area contributed by atoms with Crippen LogP contribution in [0.2, 0.25) is 0 Å². The number of carbonyl (C=O) groups is 1. The SMILES string of the molecule is C=CCNC(N)=NCc1ccc(CN2CCCC2=O)cc1.I. The van der Waals surface area contributed by atoms with Gasteiger partial charge in [-0.25, -0.2) is 4.99 Å². The van der Waals surface area contributed by atoms with E-state index in [9.17, 15) is 4.79 Å². The highest BCUT2D eigenvalue weighted by Gasteiger charge is 2.19. The molecule has 3 N–H and O–H groups in total. The summed E-state index contributed by atoms with van der Waals surface area (Å²) in [6, 6.07) is 8.15. The van der Waals surface area contributed by atoms with E-state index in [-0.39, 0.29) is 29.9 Å². The average Bonchev–Trinajstić information content (AvgIpc) is 2.89. The second-order valence-corrected chi connectivity index (χ2v) is 5.11. The Morgan fingerprint density at radius 1 is 1.36 bits per heavy atom. The molecule has 1 heterocycles. The van der Waals surface area contributed by atoms with E-state index in [1.807, 2.05) is 29.2 Å². The van der Waals surface area contributed by atoms with Crippen LogP contribution in [0, 0.1) is 0 Å². The van der Waals surface area contributed by atoms with Gasteiger partial charge in [-0.2, -0.15) is 0 Å². The molecule has 120 valence electrons. The van der Waals surface area contributed by atoms with Gasteiger partial charge in [-0.05, 0) is 17.5 Å². The van der Waals surface area contributed by atoms with Gasteiger partial charge in [0.25, 0.3) is 0 Å². The Balaban J connectivity index is 0.00000242. The van der Waals surface area contributed by atoms with Crippen molar-refractivity contribution in [2.45, 2.75) is 25.9 Å². The number of halogens is 1. The topological polar surface area (TPSA) is 70.7 Å². The van der Waals surface area contributed by atoms with Gasteiger partial charge in [-0.15, -0.1) is 30.6 Å². The third-order valence-electron chi connectivity index (χ3n) is 3.43. The number of hydrogen-bond donors (Lipinski definition) is 2. The maximum absolute atomic E-state index is 11.6. The van der Waals surface area contributed by atoms with E-state index in [0.717, 1.165) is 24.1 Å². The lowest BCUT2D eigenvalue weighted by Crippen LogP contribution is -2.31. The number of amides is 1. The van der Waals surface area contributed by atoms with Crippen LogP contribution in [0.15, 0.2) is 41.9 Å². The number of carbonyl (C=O) groups excluding carboxylic acids is 1. The van der Waals surface area contributed by atoms with Gasteiger partial charge in [0.15, 0.2) is 5.96 Å². The third kappa shape index (κ3) is 5.67. The fourth-order valence-electron chi connectivity index (χ4n) is 2.25. The Hall–Kier alpha value is -1.57. The van der Waals surface area contributed by atoms with Gasteiger partial charge in [0.05, 0.1) is 6.54 Å². The summed E-state index contributed by atoms with van der Waals surface area (Å²) in [7, 11) is 0. The molecule has 5 nitrogen and oxygen atoms in total. The Labute approximate surface area is 148 Å². The van der Waals surface area contributed by atoms with Crippen molar-refractivity contribution < 1.29 is 4.79 Å². The van der Waals surface area contributed by atoms with Gasteiger partial charge in [-0.1, -0.05) is 30.3 Å². The Bertz CT molecular complexity index is 527. The lowest BCUT2D eigenvalue weighted by Gasteiger charge is -2.15. The highest BCUT2D eigenvalue weighted by atomic mass is 127. The maximum atomic E-state index is 11.6. The maximum Gasteiger partial charge on any atom is 0.222 e. The molecule has 0 aromatic heterocycles. The van der Waals surface area contributed by atoms with Gasteiger partial charge in [0, 0.05) is 26.1 Å². The van der Waals surface area contributed by atoms with E-state index in [2.05, 4.69) is 16.9 Å². The summed E-state index contributed by atoms with van der Waals surface area (Å²) >= 11 is 0. The number of nitrogens with two attached hydrogens (primary N) is 1. The van der Waals surface area contributed by atoms with Crippen LogP contribution in [0.5, 0.6) is 0 Å². The number of hydrogen-bond acceptors (Lipinski definition) is 2. The Morgan fingerprint density at radius 3 is 2.64 bits per heavy atom. The summed E-state index contributed by atoms with van der Waals surface area (Å²) in [5, 5.41) is 2.93. The number of aliphatic imine (C=N–C) groups is 1. The normalized spacial score (nSPS) is 14.6. The lowest BCUT2D eigenvalue weighted by atomic mass is 10.1. The molecule has 1 aliphatic heterocycles. The van der Waals surface area contributed by atoms with Gasteiger partial charge < -0.3 is 16.0 Å². The highest BCUT2D eigenvalue weighted by molar-refractivity contribution is 14.0. The smallest absolute Gasteiger partial charge is 0.222 e. The summed E-state index contributed by atoms with van der Waals surface area (Å²) in [6.07, 6.45) is 3.39. The van der Waals surface area contributed by atoms with Crippen LogP contribution in [0.4, 0.5) is 0 Å². The number of benzene rings is 1. The Kier molecular flexibility index (Phi) is 7.94. The van der Waals surface area contributed by atoms with Crippen molar-refractivity contribution in [3.8, 4) is 0 Å². The van der Waals surface area contributed by atoms with E-state index in [4.69, 9.17) is 5.73 Å². The summed E-state index contributed by atoms with van der Waals surface area (Å²) in [6.45, 7) is 6.33. The van der Waals surface area contributed by atoms with Crippen LogP contribution in [-0.4, -0.2) is 29.9 Å². The van der Waals surface area contributed by atoms with Gasteiger partial charge in [-0.3, -0.25) is 4.79 Å². The minimum atomic E-state index is 0. The van der Waals surface area contributed by atoms with Gasteiger partial charge in [0.1, 0.15) is 0 Å². The third-order valence-corrected chi connectivity index (χ3v) is 3.43. The van der Waals surface area contributed by atoms with Crippen molar-refractivity contribution >= 4 is 35.8 Å². The number of guanidine groups is 1. The zero-order chi connectivity index (χ0) is 15.1. The quantitative estimate of drug-likeness (QED) is 0.324. The largest absolute Gasteiger partial charge is 0.370 e. The second kappa shape index (κ2) is 9.45. The average molecular weight is 414 g/mol. The molecule has 0 spiro atoms. The van der Waals surface area contributed by atoms with Crippen molar-refractivity contribution in [3.63, 3.8) is 0 Å². The summed E-state index contributed by atoms with van der Waals surface area (Å²) in [5.41, 5.74) is 7.95. The van der Waals surface area contributed by atoms with Crippen LogP contribution in [0.1, 0.15) is 24.0 Å². The van der Waals surface area contributed by atoms with Crippen molar-refractivity contribution in [1.82, 2.24) is 10.2 Å². The molecule has 1 saturated heterocycles. The summed E-state index contributed by atoms with van der Waals surface area (Å²) < 4.78 is 0. The summed E-state index contributed by atoms with van der Waals surface area (Å²) in [5.74, 6) is 0.673. The van der Waals surface area contributed by atoms with Gasteiger partial charge >= 0.3 is 0 Å². The first-order valence-electron chi connectivity index (χ1n) is 7.19. The molecule has 0 atom stereocenters. The zero-order valence-corrected chi connectivity index (χ0v) is 15.0. The fourth-order valence-corrected chi connectivity index (χ4v) is 2.25. The lowest BCUT2D eigenvalue weighted by molar-refractivity contribution is -0.128. The molecule has 0 saturated carbocycles. The molecular formula is C16H23IN4O. The predicted octanol–water partition coefficient (Wildman–Crippen LogP) is 2.02. The van der Waals surface area contributed by atoms with E-state index in [1.165, 1.54) is 0 Å². The molecule has 0 aliphatic carbocycles. The van der Waals surface area contributed by atoms with Crippen LogP contribution >= 0.6 is 24.0 Å². The Morgan fingerprint density at radius 2 is 2.05 bits per heavy atom. The van der Waals surface area contributed by atoms with Gasteiger partial charge in [0.2, 0.25) is 5.91 Å². The van der Waals surface area contributed by atoms with E-state index in [0.29, 0.717) is 32.0 Å². The fraction of sp³-hybridized carbons (Fsp3) is 0.375. The standard InChI is InChI=1S/C16H22N4O.HI/c1-2-9-18-16(17)19-11-13-5-7-14(8-6-13)12-20-10-3-4-15(20)21;/h2,5-8H,1,3-4,9-12H2,(H3,17,18,19);1H. The molecule has 1 fully saturated rings. The molecule has 0 unspecified atom stereocenters. The minimum Gasteiger partial charge on any atom is -0.370 e. The molecule has 1 aromatic carbocycles. The number of nitrogens with zero attached hydrogens (tertiary/aromatic N) is 2. The van der Waals surface area contributed by atoms with Crippen molar-refractivity contribution in [2.75, 3.05) is 13.1 Å². The second-order valence-electron chi connectivity index (χ2n) is 5.11. The molecule has 22 heavy (non-hydrogen) atoms. The molecule has 0 bridgehead atoms. The first-order valence-corrected chi connectivity index (χ1v) is 7.19. The van der Waals surface area contributed by atoms with Crippen LogP contribution < -0.4 is 11.1 Å². The number of nitrogens with one attached hydrogen (secondary N) is 1. The highest BCUT2D eigenvalue weighted by Crippen LogP contribution is 2.14. The predicted molar refractivity (Wildman–Crippen MR) is 100 cm³/mol. The number of rotatable bonds is 6. The van der Waals surface area contributed by atoms with Crippen molar-refractivity contribution in [1.29, 1.82) is 0 Å². The molecule has 6 heteroatoms. The van der Waals surface area contributed by atoms with E-state index in [1.54, 1.807) is 6.08 Å². The van der Waals surface area contributed by atoms with E-state index >= 15 is 0 Å². The zero-order valence-electron chi connectivity index (χ0n) is 12.6. The van der Waals surface area contributed by atoms with Crippen LogP contribution in [0.3, 0.4) is 0 Å². The number of likely N-dealkylation sites (tertiary alicyclic amines) is 1. The van der Waals surface area contributed by atoms with Crippen molar-refractivity contribution in [3.05, 3.63) is 48.0 Å². The molecule has 1 amide bonds. The monoisotopic (exact) mass is 414 g/mol. The molecule has 1 aromatic rings. The molecule has 2 rings (SSSR count). The molecular weight excluding hydrogens is 391 g/mol. The first-order chi connectivity index (χ1) is 10.2. The van der Waals surface area contributed by atoms with Crippen LogP contribution in [-0.2, 0) is 17.9 Å². The first kappa shape index (κ1) is 18.5. The van der Waals surface area contributed by atoms with Crippen LogP contribution in [0.25, 0.3) is 0 Å².